The smallest absolute Gasteiger partial charge is 0.475 e. The predicted octanol–water partition coefficient (Wildman–Crippen LogP) is 4.63. The SMILES string of the molecule is CC(=O)Nc1cc(-c2ccc3c(c2)C2(CCOCC2)CN3C(=O)C2(F)CCC2)ccn1.O=C(O)C(F)(F)F. The summed E-state index contributed by atoms with van der Waals surface area (Å²) in [6, 6.07) is 9.74. The number of fused-ring (bicyclic) bond motifs is 2. The Balaban J connectivity index is 0.000000426. The van der Waals surface area contributed by atoms with Crippen LogP contribution in [0.3, 0.4) is 0 Å². The molecule has 2 aromatic rings. The van der Waals surface area contributed by atoms with Gasteiger partial charge in [0.1, 0.15) is 5.82 Å². The molecule has 0 unspecified atom stereocenters. The van der Waals surface area contributed by atoms with Crippen molar-refractivity contribution < 1.29 is 41.8 Å². The molecule has 5 rings (SSSR count). The van der Waals surface area contributed by atoms with Gasteiger partial charge in [0, 0.05) is 44.0 Å². The van der Waals surface area contributed by atoms with Crippen LogP contribution in [0, 0.1) is 0 Å². The Bertz CT molecular complexity index is 1240. The number of carboxylic acid groups (broad SMARTS) is 1. The summed E-state index contributed by atoms with van der Waals surface area (Å²) < 4.78 is 52.4. The van der Waals surface area contributed by atoms with E-state index in [9.17, 15) is 22.8 Å². The summed E-state index contributed by atoms with van der Waals surface area (Å²) in [6.45, 7) is 3.22. The monoisotopic (exact) mass is 537 g/mol. The summed E-state index contributed by atoms with van der Waals surface area (Å²) in [7, 11) is 0. The first-order valence-electron chi connectivity index (χ1n) is 12.1. The lowest BCUT2D eigenvalue weighted by molar-refractivity contribution is -0.192. The topological polar surface area (TPSA) is 109 Å². The van der Waals surface area contributed by atoms with Crippen molar-refractivity contribution in [1.29, 1.82) is 0 Å². The molecular weight excluding hydrogens is 510 g/mol. The van der Waals surface area contributed by atoms with Crippen LogP contribution in [0.25, 0.3) is 11.1 Å². The highest BCUT2D eigenvalue weighted by atomic mass is 19.4. The Morgan fingerprint density at radius 3 is 2.24 bits per heavy atom. The van der Waals surface area contributed by atoms with Crippen molar-refractivity contribution in [2.24, 2.45) is 0 Å². The van der Waals surface area contributed by atoms with Crippen LogP contribution in [-0.2, 0) is 24.5 Å². The van der Waals surface area contributed by atoms with E-state index in [0.29, 0.717) is 38.4 Å². The van der Waals surface area contributed by atoms with Gasteiger partial charge in [-0.05, 0) is 73.1 Å². The van der Waals surface area contributed by atoms with E-state index in [1.54, 1.807) is 11.1 Å². The van der Waals surface area contributed by atoms with E-state index in [0.717, 1.165) is 41.6 Å². The number of pyridine rings is 1. The zero-order valence-electron chi connectivity index (χ0n) is 20.6. The second-order valence-corrected chi connectivity index (χ2v) is 9.75. The molecule has 1 aliphatic carbocycles. The number of ether oxygens (including phenoxy) is 1. The molecule has 1 saturated heterocycles. The van der Waals surface area contributed by atoms with Crippen LogP contribution in [0.15, 0.2) is 36.5 Å². The second kappa shape index (κ2) is 10.3. The van der Waals surface area contributed by atoms with Crippen LogP contribution >= 0.6 is 0 Å². The first kappa shape index (κ1) is 27.5. The zero-order chi connectivity index (χ0) is 27.7. The van der Waals surface area contributed by atoms with E-state index in [1.165, 1.54) is 6.92 Å². The molecule has 2 fully saturated rings. The minimum atomic E-state index is -5.08. The van der Waals surface area contributed by atoms with Gasteiger partial charge in [-0.3, -0.25) is 9.59 Å². The number of aromatic nitrogens is 1. The number of rotatable bonds is 3. The van der Waals surface area contributed by atoms with E-state index in [2.05, 4.69) is 16.4 Å². The number of carbonyl (C=O) groups is 3. The molecule has 3 aliphatic rings. The number of halogens is 4. The fourth-order valence-electron chi connectivity index (χ4n) is 5.02. The minimum absolute atomic E-state index is 0.176. The van der Waals surface area contributed by atoms with E-state index in [-0.39, 0.29) is 11.3 Å². The fourth-order valence-corrected chi connectivity index (χ4v) is 5.02. The Hall–Kier alpha value is -3.54. The second-order valence-electron chi connectivity index (χ2n) is 9.75. The fraction of sp³-hybridized carbons (Fsp3) is 0.462. The molecule has 8 nitrogen and oxygen atoms in total. The summed E-state index contributed by atoms with van der Waals surface area (Å²) in [5.41, 5.74) is 1.87. The number of alkyl halides is 4. The lowest BCUT2D eigenvalue weighted by Gasteiger charge is -2.37. The number of nitrogens with zero attached hydrogens (tertiary/aromatic N) is 2. The van der Waals surface area contributed by atoms with Gasteiger partial charge in [0.25, 0.3) is 5.91 Å². The van der Waals surface area contributed by atoms with Crippen molar-refractivity contribution in [3.8, 4) is 11.1 Å². The molecule has 2 amide bonds. The number of hydrogen-bond acceptors (Lipinski definition) is 5. The molecule has 12 heteroatoms. The maximum absolute atomic E-state index is 15.0. The van der Waals surface area contributed by atoms with Gasteiger partial charge in [-0.25, -0.2) is 14.2 Å². The molecule has 38 heavy (non-hydrogen) atoms. The van der Waals surface area contributed by atoms with Crippen molar-refractivity contribution in [2.45, 2.75) is 56.3 Å². The number of anilines is 2. The molecule has 0 atom stereocenters. The third-order valence-corrected chi connectivity index (χ3v) is 7.18. The Labute approximate surface area is 216 Å². The number of carbonyl (C=O) groups excluding carboxylic acids is 2. The average Bonchev–Trinajstić information content (AvgIpc) is 3.15. The van der Waals surface area contributed by atoms with Crippen LogP contribution in [-0.4, -0.2) is 59.5 Å². The molecular formula is C26H27F4N3O5. The Morgan fingerprint density at radius 2 is 1.68 bits per heavy atom. The quantitative estimate of drug-likeness (QED) is 0.553. The van der Waals surface area contributed by atoms with Gasteiger partial charge in [0.2, 0.25) is 5.91 Å². The lowest BCUT2D eigenvalue weighted by Crippen LogP contribution is -2.51. The number of aliphatic carboxylic acids is 1. The molecule has 0 radical (unpaired) electrons. The molecule has 0 bridgehead atoms. The summed E-state index contributed by atoms with van der Waals surface area (Å²) in [5, 5.41) is 9.84. The van der Waals surface area contributed by atoms with Crippen LogP contribution in [0.2, 0.25) is 0 Å². The van der Waals surface area contributed by atoms with Crippen molar-refractivity contribution in [3.05, 3.63) is 42.1 Å². The lowest BCUT2D eigenvalue weighted by atomic mass is 9.75. The highest BCUT2D eigenvalue weighted by Crippen LogP contribution is 2.50. The maximum atomic E-state index is 15.0. The van der Waals surface area contributed by atoms with Gasteiger partial charge in [-0.2, -0.15) is 13.2 Å². The number of amides is 2. The molecule has 1 aromatic heterocycles. The van der Waals surface area contributed by atoms with Crippen LogP contribution < -0.4 is 10.2 Å². The number of carboxylic acids is 1. The van der Waals surface area contributed by atoms with Crippen molar-refractivity contribution in [3.63, 3.8) is 0 Å². The highest BCUT2D eigenvalue weighted by molar-refractivity contribution is 6.02. The summed E-state index contributed by atoms with van der Waals surface area (Å²) in [5.74, 6) is -2.84. The summed E-state index contributed by atoms with van der Waals surface area (Å²) >= 11 is 0. The molecule has 1 aromatic carbocycles. The van der Waals surface area contributed by atoms with Crippen LogP contribution in [0.1, 0.15) is 44.6 Å². The molecule has 1 spiro atoms. The van der Waals surface area contributed by atoms with Crippen LogP contribution in [0.4, 0.5) is 29.1 Å². The number of nitrogens with one attached hydrogen (secondary N) is 1. The average molecular weight is 538 g/mol. The Morgan fingerprint density at radius 1 is 1.05 bits per heavy atom. The van der Waals surface area contributed by atoms with E-state index in [1.807, 2.05) is 24.3 Å². The maximum Gasteiger partial charge on any atom is 0.490 e. The zero-order valence-corrected chi connectivity index (χ0v) is 20.6. The van der Waals surface area contributed by atoms with Crippen molar-refractivity contribution in [1.82, 2.24) is 4.98 Å². The summed E-state index contributed by atoms with van der Waals surface area (Å²) in [6.07, 6.45) is -0.416. The van der Waals surface area contributed by atoms with E-state index >= 15 is 4.39 Å². The third-order valence-electron chi connectivity index (χ3n) is 7.18. The van der Waals surface area contributed by atoms with Gasteiger partial charge in [-0.15, -0.1) is 0 Å². The van der Waals surface area contributed by atoms with E-state index in [4.69, 9.17) is 14.6 Å². The first-order chi connectivity index (χ1) is 17.8. The highest BCUT2D eigenvalue weighted by Gasteiger charge is 2.53. The van der Waals surface area contributed by atoms with Gasteiger partial charge in [0.05, 0.1) is 0 Å². The standard InChI is InChI=1S/C24H26FN3O3.C2HF3O2/c1-16(29)27-21-14-18(5-10-26-21)17-3-4-20-19(13-17)23(8-11-31-12-9-23)15-28(20)22(30)24(25)6-2-7-24;3-2(4,5)1(6)7/h3-5,10,13-14H,2,6-9,11-12,15H2,1H3,(H,26,27,29);(H,6,7). The molecule has 1 saturated carbocycles. The number of benzene rings is 1. The number of hydrogen-bond donors (Lipinski definition) is 2. The van der Waals surface area contributed by atoms with Crippen molar-refractivity contribution >= 4 is 29.3 Å². The molecule has 204 valence electrons. The minimum Gasteiger partial charge on any atom is -0.475 e. The van der Waals surface area contributed by atoms with Crippen molar-refractivity contribution in [2.75, 3.05) is 30.0 Å². The third kappa shape index (κ3) is 5.50. The normalized spacial score (nSPS) is 19.0. The van der Waals surface area contributed by atoms with Gasteiger partial charge in [-0.1, -0.05) is 6.07 Å². The van der Waals surface area contributed by atoms with Gasteiger partial charge < -0.3 is 20.1 Å². The van der Waals surface area contributed by atoms with E-state index < -0.39 is 23.7 Å². The predicted molar refractivity (Wildman–Crippen MR) is 129 cm³/mol. The van der Waals surface area contributed by atoms with Gasteiger partial charge in [0.15, 0.2) is 5.67 Å². The summed E-state index contributed by atoms with van der Waals surface area (Å²) in [4.78, 5) is 39.3. The Kier molecular flexibility index (Phi) is 7.46. The first-order valence-corrected chi connectivity index (χ1v) is 12.1. The van der Waals surface area contributed by atoms with Crippen LogP contribution in [0.5, 0.6) is 0 Å². The van der Waals surface area contributed by atoms with Gasteiger partial charge >= 0.3 is 12.1 Å². The largest absolute Gasteiger partial charge is 0.490 e. The molecule has 2 N–H and O–H groups in total. The molecule has 2 aliphatic heterocycles. The molecule has 3 heterocycles.